The Morgan fingerprint density at radius 1 is 1.27 bits per heavy atom. The molecule has 0 amide bonds. The Balaban J connectivity index is 1.46. The maximum Gasteiger partial charge on any atom is 0.162 e. The summed E-state index contributed by atoms with van der Waals surface area (Å²) in [6.07, 6.45) is 3.35. The molecule has 0 N–H and O–H groups in total. The molecule has 0 aromatic carbocycles. The van der Waals surface area contributed by atoms with Gasteiger partial charge < -0.3 is 9.30 Å². The van der Waals surface area contributed by atoms with Crippen LogP contribution in [0.15, 0.2) is 12.1 Å². The van der Waals surface area contributed by atoms with Crippen molar-refractivity contribution in [3.05, 3.63) is 33.5 Å². The quantitative estimate of drug-likeness (QED) is 0.872. The van der Waals surface area contributed by atoms with Crippen molar-refractivity contribution in [1.82, 2.24) is 19.7 Å². The summed E-state index contributed by atoms with van der Waals surface area (Å²) >= 11 is 1.90. The zero-order valence-electron chi connectivity index (χ0n) is 13.0. The molecule has 22 heavy (non-hydrogen) atoms. The average molecular weight is 318 g/mol. The Hall–Kier alpha value is -1.24. The summed E-state index contributed by atoms with van der Waals surface area (Å²) < 4.78 is 8.10. The molecule has 1 saturated heterocycles. The molecule has 4 heterocycles. The first-order valence-corrected chi connectivity index (χ1v) is 8.92. The number of ether oxygens (including phenoxy) is 1. The standard InChI is InChI=1S/C16H22N4OS/c1-12-4-5-13(22-12)11-19-7-6-15-17-18-16(20(15)9-8-19)14-3-2-10-21-14/h4-5,14H,2-3,6-11H2,1H3. The molecular weight excluding hydrogens is 296 g/mol. The number of nitrogens with zero attached hydrogens (tertiary/aromatic N) is 4. The van der Waals surface area contributed by atoms with Crippen molar-refractivity contribution in [2.75, 3.05) is 19.7 Å². The molecule has 118 valence electrons. The van der Waals surface area contributed by atoms with E-state index >= 15 is 0 Å². The van der Waals surface area contributed by atoms with Crippen molar-refractivity contribution in [2.45, 2.75) is 45.4 Å². The highest BCUT2D eigenvalue weighted by Crippen LogP contribution is 2.28. The first-order chi connectivity index (χ1) is 10.8. The van der Waals surface area contributed by atoms with Gasteiger partial charge >= 0.3 is 0 Å². The second kappa shape index (κ2) is 6.10. The van der Waals surface area contributed by atoms with Gasteiger partial charge in [-0.15, -0.1) is 21.5 Å². The van der Waals surface area contributed by atoms with E-state index in [0.29, 0.717) is 0 Å². The summed E-state index contributed by atoms with van der Waals surface area (Å²) in [4.78, 5) is 5.37. The summed E-state index contributed by atoms with van der Waals surface area (Å²) in [7, 11) is 0. The van der Waals surface area contributed by atoms with Crippen molar-refractivity contribution < 1.29 is 4.74 Å². The largest absolute Gasteiger partial charge is 0.370 e. The van der Waals surface area contributed by atoms with Gasteiger partial charge in [-0.25, -0.2) is 0 Å². The lowest BCUT2D eigenvalue weighted by atomic mass is 10.2. The van der Waals surface area contributed by atoms with E-state index in [1.807, 2.05) is 11.3 Å². The van der Waals surface area contributed by atoms with E-state index in [-0.39, 0.29) is 6.10 Å². The third-order valence-corrected chi connectivity index (χ3v) is 5.53. The molecule has 0 saturated carbocycles. The molecule has 0 bridgehead atoms. The highest BCUT2D eigenvalue weighted by Gasteiger charge is 2.26. The predicted molar refractivity (Wildman–Crippen MR) is 86.0 cm³/mol. The maximum atomic E-state index is 5.79. The van der Waals surface area contributed by atoms with E-state index < -0.39 is 0 Å². The molecule has 2 aromatic heterocycles. The molecule has 2 aliphatic heterocycles. The summed E-state index contributed by atoms with van der Waals surface area (Å²) in [5.41, 5.74) is 0. The minimum Gasteiger partial charge on any atom is -0.370 e. The second-order valence-electron chi connectivity index (χ2n) is 6.17. The van der Waals surface area contributed by atoms with Gasteiger partial charge in [0.05, 0.1) is 0 Å². The van der Waals surface area contributed by atoms with Crippen molar-refractivity contribution in [3.63, 3.8) is 0 Å². The molecular formula is C16H22N4OS. The van der Waals surface area contributed by atoms with Gasteiger partial charge in [0.1, 0.15) is 11.9 Å². The molecule has 0 radical (unpaired) electrons. The molecule has 6 heteroatoms. The molecule has 2 aromatic rings. The lowest BCUT2D eigenvalue weighted by Gasteiger charge is -2.19. The van der Waals surface area contributed by atoms with Crippen molar-refractivity contribution in [3.8, 4) is 0 Å². The normalized spacial score (nSPS) is 22.7. The fourth-order valence-corrected chi connectivity index (χ4v) is 4.29. The third-order valence-electron chi connectivity index (χ3n) is 4.54. The Bertz CT molecular complexity index is 644. The fourth-order valence-electron chi connectivity index (χ4n) is 3.36. The molecule has 0 spiro atoms. The van der Waals surface area contributed by atoms with Crippen molar-refractivity contribution >= 4 is 11.3 Å². The Morgan fingerprint density at radius 3 is 3.00 bits per heavy atom. The van der Waals surface area contributed by atoms with Crippen molar-refractivity contribution in [1.29, 1.82) is 0 Å². The average Bonchev–Trinajstić information content (AvgIpc) is 3.21. The van der Waals surface area contributed by atoms with Gasteiger partial charge in [-0.1, -0.05) is 0 Å². The van der Waals surface area contributed by atoms with Crippen LogP contribution < -0.4 is 0 Å². The number of aryl methyl sites for hydroxylation is 1. The van der Waals surface area contributed by atoms with E-state index in [0.717, 1.165) is 63.7 Å². The Morgan fingerprint density at radius 2 is 2.23 bits per heavy atom. The van der Waals surface area contributed by atoms with E-state index in [1.165, 1.54) is 9.75 Å². The summed E-state index contributed by atoms with van der Waals surface area (Å²) in [6.45, 7) is 7.17. The first kappa shape index (κ1) is 14.4. The van der Waals surface area contributed by atoms with Crippen LogP contribution in [0.3, 0.4) is 0 Å². The maximum absolute atomic E-state index is 5.79. The van der Waals surface area contributed by atoms with Gasteiger partial charge in [0.15, 0.2) is 5.82 Å². The van der Waals surface area contributed by atoms with E-state index in [4.69, 9.17) is 4.74 Å². The van der Waals surface area contributed by atoms with Gasteiger partial charge in [0.2, 0.25) is 0 Å². The van der Waals surface area contributed by atoms with E-state index in [1.54, 1.807) is 0 Å². The van der Waals surface area contributed by atoms with Crippen LogP contribution in [0.2, 0.25) is 0 Å². The molecule has 1 unspecified atom stereocenters. The minimum atomic E-state index is 0.160. The Kier molecular flexibility index (Phi) is 3.98. The SMILES string of the molecule is Cc1ccc(CN2CCc3nnc(C4CCCO4)n3CC2)s1. The smallest absolute Gasteiger partial charge is 0.162 e. The summed E-state index contributed by atoms with van der Waals surface area (Å²) in [5, 5.41) is 8.82. The van der Waals surface area contributed by atoms with Crippen LogP contribution >= 0.6 is 11.3 Å². The molecule has 1 fully saturated rings. The number of aromatic nitrogens is 3. The van der Waals surface area contributed by atoms with Gasteiger partial charge in [-0.05, 0) is 31.9 Å². The van der Waals surface area contributed by atoms with Gasteiger partial charge in [-0.2, -0.15) is 0 Å². The summed E-state index contributed by atoms with van der Waals surface area (Å²) in [6, 6.07) is 4.46. The summed E-state index contributed by atoms with van der Waals surface area (Å²) in [5.74, 6) is 2.16. The highest BCUT2D eigenvalue weighted by molar-refractivity contribution is 7.11. The molecule has 5 nitrogen and oxygen atoms in total. The number of rotatable bonds is 3. The molecule has 4 rings (SSSR count). The molecule has 0 aliphatic carbocycles. The number of thiophene rings is 1. The van der Waals surface area contributed by atoms with Crippen LogP contribution in [-0.4, -0.2) is 39.4 Å². The van der Waals surface area contributed by atoms with Crippen LogP contribution in [0.25, 0.3) is 0 Å². The number of hydrogen-bond donors (Lipinski definition) is 0. The molecule has 2 aliphatic rings. The van der Waals surface area contributed by atoms with Gasteiger partial charge in [0, 0.05) is 49.0 Å². The number of fused-ring (bicyclic) bond motifs is 1. The van der Waals surface area contributed by atoms with Gasteiger partial charge in [0.25, 0.3) is 0 Å². The zero-order chi connectivity index (χ0) is 14.9. The fraction of sp³-hybridized carbons (Fsp3) is 0.625. The Labute approximate surface area is 134 Å². The lowest BCUT2D eigenvalue weighted by molar-refractivity contribution is 0.101. The first-order valence-electron chi connectivity index (χ1n) is 8.11. The van der Waals surface area contributed by atoms with Crippen LogP contribution in [-0.2, 0) is 24.2 Å². The van der Waals surface area contributed by atoms with Crippen LogP contribution in [0.4, 0.5) is 0 Å². The van der Waals surface area contributed by atoms with Crippen LogP contribution in [0.5, 0.6) is 0 Å². The molecule has 1 atom stereocenters. The minimum absolute atomic E-state index is 0.160. The van der Waals surface area contributed by atoms with E-state index in [2.05, 4.69) is 38.7 Å². The predicted octanol–water partition coefficient (Wildman–Crippen LogP) is 2.56. The topological polar surface area (TPSA) is 43.2 Å². The number of hydrogen-bond acceptors (Lipinski definition) is 5. The van der Waals surface area contributed by atoms with Gasteiger partial charge in [-0.3, -0.25) is 4.90 Å². The third kappa shape index (κ3) is 2.83. The monoisotopic (exact) mass is 318 g/mol. The lowest BCUT2D eigenvalue weighted by Crippen LogP contribution is -2.26. The van der Waals surface area contributed by atoms with Crippen LogP contribution in [0.1, 0.15) is 40.3 Å². The second-order valence-corrected chi connectivity index (χ2v) is 7.54. The van der Waals surface area contributed by atoms with Crippen LogP contribution in [0, 0.1) is 6.92 Å². The zero-order valence-corrected chi connectivity index (χ0v) is 13.8. The van der Waals surface area contributed by atoms with Crippen molar-refractivity contribution in [2.24, 2.45) is 0 Å². The highest BCUT2D eigenvalue weighted by atomic mass is 32.1. The van der Waals surface area contributed by atoms with E-state index in [9.17, 15) is 0 Å².